The Hall–Kier alpha value is -2.15. The van der Waals surface area contributed by atoms with Gasteiger partial charge in [0.25, 0.3) is 0 Å². The Morgan fingerprint density at radius 1 is 1.50 bits per heavy atom. The van der Waals surface area contributed by atoms with Gasteiger partial charge in [0.05, 0.1) is 10.9 Å². The van der Waals surface area contributed by atoms with E-state index in [2.05, 4.69) is 5.32 Å². The first-order valence-corrected chi connectivity index (χ1v) is 7.90. The molecule has 1 saturated heterocycles. The maximum absolute atomic E-state index is 13.5. The molecule has 2 rings (SSSR count). The van der Waals surface area contributed by atoms with Crippen molar-refractivity contribution in [2.75, 3.05) is 18.0 Å². The minimum atomic E-state index is -0.927. The van der Waals surface area contributed by atoms with Crippen LogP contribution in [0.4, 0.5) is 10.1 Å². The molecule has 2 amide bonds. The van der Waals surface area contributed by atoms with E-state index in [4.69, 9.17) is 16.7 Å². The predicted molar refractivity (Wildman–Crippen MR) is 86.3 cm³/mol. The summed E-state index contributed by atoms with van der Waals surface area (Å²) < 4.78 is 13.5. The molecule has 1 aromatic carbocycles. The molecule has 2 atom stereocenters. The Labute approximate surface area is 143 Å². The molecule has 2 unspecified atom stereocenters. The number of hydrogen-bond donors (Lipinski definition) is 2. The van der Waals surface area contributed by atoms with Gasteiger partial charge in [-0.25, -0.2) is 4.39 Å². The van der Waals surface area contributed by atoms with Crippen LogP contribution in [-0.4, -0.2) is 36.0 Å². The van der Waals surface area contributed by atoms with Crippen LogP contribution >= 0.6 is 11.6 Å². The number of aliphatic carboxylic acids is 1. The lowest BCUT2D eigenvalue weighted by Gasteiger charge is -2.17. The molecule has 1 aromatic rings. The summed E-state index contributed by atoms with van der Waals surface area (Å²) in [7, 11) is 0. The normalized spacial score (nSPS) is 18.5. The molecule has 8 heteroatoms. The van der Waals surface area contributed by atoms with E-state index < -0.39 is 17.7 Å². The van der Waals surface area contributed by atoms with Crippen LogP contribution in [0.1, 0.15) is 19.8 Å². The summed E-state index contributed by atoms with van der Waals surface area (Å²) in [6.45, 7) is 2.10. The van der Waals surface area contributed by atoms with Crippen molar-refractivity contribution in [3.63, 3.8) is 0 Å². The number of carbonyl (C=O) groups is 3. The van der Waals surface area contributed by atoms with Gasteiger partial charge < -0.3 is 15.3 Å². The zero-order chi connectivity index (χ0) is 17.9. The molecule has 6 nitrogen and oxygen atoms in total. The molecule has 130 valence electrons. The van der Waals surface area contributed by atoms with Crippen molar-refractivity contribution in [2.24, 2.45) is 11.8 Å². The van der Waals surface area contributed by atoms with Crippen LogP contribution in [0.2, 0.25) is 5.02 Å². The van der Waals surface area contributed by atoms with Crippen LogP contribution in [0.3, 0.4) is 0 Å². The summed E-state index contributed by atoms with van der Waals surface area (Å²) in [5.41, 5.74) is 0.358. The van der Waals surface area contributed by atoms with Gasteiger partial charge in [0, 0.05) is 31.6 Å². The maximum atomic E-state index is 13.5. The summed E-state index contributed by atoms with van der Waals surface area (Å²) in [6.07, 6.45) is -0.0105. The first-order valence-electron chi connectivity index (χ1n) is 7.53. The van der Waals surface area contributed by atoms with Crippen LogP contribution < -0.4 is 10.2 Å². The molecule has 1 aliphatic rings. The average molecular weight is 357 g/mol. The number of benzene rings is 1. The summed E-state index contributed by atoms with van der Waals surface area (Å²) in [5, 5.41) is 11.3. The van der Waals surface area contributed by atoms with Gasteiger partial charge in [-0.2, -0.15) is 0 Å². The van der Waals surface area contributed by atoms with E-state index in [0.717, 1.165) is 6.07 Å². The number of carbonyl (C=O) groups excluding carboxylic acids is 2. The minimum absolute atomic E-state index is 0.0311. The number of amides is 2. The summed E-state index contributed by atoms with van der Waals surface area (Å²) in [4.78, 5) is 36.2. The quantitative estimate of drug-likeness (QED) is 0.816. The number of halogens is 2. The smallest absolute Gasteiger partial charge is 0.303 e. The highest BCUT2D eigenvalue weighted by Gasteiger charge is 2.35. The van der Waals surface area contributed by atoms with Crippen LogP contribution in [0.25, 0.3) is 0 Å². The second-order valence-electron chi connectivity index (χ2n) is 5.95. The van der Waals surface area contributed by atoms with Crippen molar-refractivity contribution in [2.45, 2.75) is 19.8 Å². The minimum Gasteiger partial charge on any atom is -0.481 e. The number of nitrogens with one attached hydrogen (secondary N) is 1. The van der Waals surface area contributed by atoms with Crippen molar-refractivity contribution < 1.29 is 23.9 Å². The van der Waals surface area contributed by atoms with Crippen molar-refractivity contribution in [1.29, 1.82) is 0 Å². The molecule has 0 radical (unpaired) electrons. The lowest BCUT2D eigenvalue weighted by atomic mass is 10.1. The molecule has 1 heterocycles. The third-order valence-corrected chi connectivity index (χ3v) is 4.17. The highest BCUT2D eigenvalue weighted by molar-refractivity contribution is 6.30. The lowest BCUT2D eigenvalue weighted by molar-refractivity contribution is -0.138. The Kier molecular flexibility index (Phi) is 5.77. The molecule has 0 saturated carbocycles. The average Bonchev–Trinajstić information content (AvgIpc) is 2.89. The topological polar surface area (TPSA) is 86.7 Å². The molecule has 0 spiro atoms. The second-order valence-corrected chi connectivity index (χ2v) is 6.36. The fraction of sp³-hybridized carbons (Fsp3) is 0.438. The van der Waals surface area contributed by atoms with Crippen molar-refractivity contribution in [3.8, 4) is 0 Å². The van der Waals surface area contributed by atoms with Crippen molar-refractivity contribution >= 4 is 35.1 Å². The standard InChI is InChI=1S/C16H18ClFN2O4/c1-9(4-15(22)23)7-19-16(24)10-5-14(21)20(8-10)11-2-3-12(17)13(18)6-11/h2-3,6,9-10H,4-5,7-8H2,1H3,(H,19,24)(H,22,23). The Bertz CT molecular complexity index is 667. The number of carboxylic acids is 1. The summed E-state index contributed by atoms with van der Waals surface area (Å²) in [6, 6.07) is 4.05. The van der Waals surface area contributed by atoms with E-state index >= 15 is 0 Å². The monoisotopic (exact) mass is 356 g/mol. The van der Waals surface area contributed by atoms with Gasteiger partial charge in [0.1, 0.15) is 5.82 Å². The highest BCUT2D eigenvalue weighted by Crippen LogP contribution is 2.28. The van der Waals surface area contributed by atoms with Gasteiger partial charge in [-0.1, -0.05) is 18.5 Å². The fourth-order valence-corrected chi connectivity index (χ4v) is 2.69. The highest BCUT2D eigenvalue weighted by atomic mass is 35.5. The van der Waals surface area contributed by atoms with Gasteiger partial charge >= 0.3 is 5.97 Å². The van der Waals surface area contributed by atoms with E-state index in [9.17, 15) is 18.8 Å². The third-order valence-electron chi connectivity index (χ3n) is 3.86. The SMILES string of the molecule is CC(CNC(=O)C1CC(=O)N(c2ccc(Cl)c(F)c2)C1)CC(=O)O. The second kappa shape index (κ2) is 7.61. The number of hydrogen-bond acceptors (Lipinski definition) is 3. The van der Waals surface area contributed by atoms with Crippen molar-refractivity contribution in [1.82, 2.24) is 5.32 Å². The molecule has 1 aliphatic heterocycles. The Morgan fingerprint density at radius 3 is 2.83 bits per heavy atom. The molecular weight excluding hydrogens is 339 g/mol. The largest absolute Gasteiger partial charge is 0.481 e. The number of nitrogens with zero attached hydrogens (tertiary/aromatic N) is 1. The first kappa shape index (κ1) is 18.2. The molecular formula is C16H18ClFN2O4. The summed E-state index contributed by atoms with van der Waals surface area (Å²) in [5.74, 6) is -2.88. The van der Waals surface area contributed by atoms with Crippen molar-refractivity contribution in [3.05, 3.63) is 29.0 Å². The van der Waals surface area contributed by atoms with Crippen LogP contribution in [-0.2, 0) is 14.4 Å². The predicted octanol–water partition coefficient (Wildman–Crippen LogP) is 2.06. The lowest BCUT2D eigenvalue weighted by Crippen LogP contribution is -2.35. The van der Waals surface area contributed by atoms with Gasteiger partial charge in [0.2, 0.25) is 11.8 Å². The molecule has 0 aliphatic carbocycles. The summed E-state index contributed by atoms with van der Waals surface area (Å²) >= 11 is 5.63. The van der Waals surface area contributed by atoms with Gasteiger partial charge in [-0.05, 0) is 24.1 Å². The van der Waals surface area contributed by atoms with E-state index in [0.29, 0.717) is 5.69 Å². The molecule has 0 aromatic heterocycles. The fourth-order valence-electron chi connectivity index (χ4n) is 2.58. The molecule has 1 fully saturated rings. The van der Waals surface area contributed by atoms with E-state index in [1.807, 2.05) is 0 Å². The molecule has 2 N–H and O–H groups in total. The van der Waals surface area contributed by atoms with Crippen LogP contribution in [0.15, 0.2) is 18.2 Å². The zero-order valence-electron chi connectivity index (χ0n) is 13.1. The maximum Gasteiger partial charge on any atom is 0.303 e. The van der Waals surface area contributed by atoms with Crippen LogP contribution in [0, 0.1) is 17.7 Å². The zero-order valence-corrected chi connectivity index (χ0v) is 13.8. The Morgan fingerprint density at radius 2 is 2.21 bits per heavy atom. The van der Waals surface area contributed by atoms with E-state index in [1.165, 1.54) is 17.0 Å². The first-order chi connectivity index (χ1) is 11.3. The number of carboxylic acid groups (broad SMARTS) is 1. The number of anilines is 1. The van der Waals surface area contributed by atoms with Gasteiger partial charge in [-0.15, -0.1) is 0 Å². The third kappa shape index (κ3) is 4.44. The Balaban J connectivity index is 1.95. The van der Waals surface area contributed by atoms with Crippen LogP contribution in [0.5, 0.6) is 0 Å². The molecule has 0 bridgehead atoms. The van der Waals surface area contributed by atoms with Gasteiger partial charge in [0.15, 0.2) is 0 Å². The van der Waals surface area contributed by atoms with E-state index in [1.54, 1.807) is 6.92 Å². The van der Waals surface area contributed by atoms with E-state index in [-0.39, 0.29) is 48.7 Å². The molecule has 24 heavy (non-hydrogen) atoms. The van der Waals surface area contributed by atoms with Gasteiger partial charge in [-0.3, -0.25) is 14.4 Å². The number of rotatable bonds is 6.